The summed E-state index contributed by atoms with van der Waals surface area (Å²) < 4.78 is 44.4. The Morgan fingerprint density at radius 2 is 2.12 bits per heavy atom. The zero-order chi connectivity index (χ0) is 24.6. The van der Waals surface area contributed by atoms with Crippen LogP contribution in [0.3, 0.4) is 0 Å². The third kappa shape index (κ3) is 4.52. The van der Waals surface area contributed by atoms with Crippen molar-refractivity contribution < 1.29 is 22.7 Å². The number of nitrogens with two attached hydrogens (primary N) is 1. The third-order valence-electron chi connectivity index (χ3n) is 5.64. The lowest BCUT2D eigenvalue weighted by molar-refractivity contribution is -0.142. The second kappa shape index (κ2) is 8.91. The second-order valence-corrected chi connectivity index (χ2v) is 8.25. The van der Waals surface area contributed by atoms with Gasteiger partial charge in [-0.25, -0.2) is 4.68 Å². The minimum atomic E-state index is -4.53. The zero-order valence-electron chi connectivity index (χ0n) is 17.9. The molecule has 1 heterocycles. The number of rotatable bonds is 5. The van der Waals surface area contributed by atoms with Gasteiger partial charge in [0.2, 0.25) is 0 Å². The summed E-state index contributed by atoms with van der Waals surface area (Å²) in [5.41, 5.74) is 8.28. The van der Waals surface area contributed by atoms with Gasteiger partial charge in [0.1, 0.15) is 35.4 Å². The summed E-state index contributed by atoms with van der Waals surface area (Å²) in [6, 6.07) is 11.5. The first kappa shape index (κ1) is 23.4. The average Bonchev–Trinajstić information content (AvgIpc) is 3.32. The zero-order valence-corrected chi connectivity index (χ0v) is 18.7. The normalized spacial score (nSPS) is 15.0. The number of nitriles is 1. The topological polar surface area (TPSA) is 106 Å². The van der Waals surface area contributed by atoms with Crippen LogP contribution in [0, 0.1) is 11.3 Å². The van der Waals surface area contributed by atoms with Gasteiger partial charge in [-0.3, -0.25) is 4.79 Å². The maximum Gasteiger partial charge on any atom is 0.408 e. The van der Waals surface area contributed by atoms with E-state index in [1.165, 1.54) is 13.2 Å². The van der Waals surface area contributed by atoms with Gasteiger partial charge in [0.05, 0.1) is 18.7 Å². The highest BCUT2D eigenvalue weighted by atomic mass is 35.5. The number of ether oxygens (including phenoxy) is 1. The smallest absolute Gasteiger partial charge is 0.408 e. The van der Waals surface area contributed by atoms with E-state index in [0.29, 0.717) is 39.4 Å². The summed E-state index contributed by atoms with van der Waals surface area (Å²) >= 11 is 6.03. The minimum Gasteiger partial charge on any atom is -0.496 e. The van der Waals surface area contributed by atoms with E-state index in [0.717, 1.165) is 11.1 Å². The van der Waals surface area contributed by atoms with Crippen molar-refractivity contribution in [3.63, 3.8) is 0 Å². The van der Waals surface area contributed by atoms with Crippen LogP contribution in [0.5, 0.6) is 5.75 Å². The van der Waals surface area contributed by atoms with Crippen LogP contribution in [0.1, 0.15) is 39.5 Å². The summed E-state index contributed by atoms with van der Waals surface area (Å²) in [4.78, 5) is 12.9. The van der Waals surface area contributed by atoms with E-state index in [1.807, 2.05) is 6.07 Å². The first-order chi connectivity index (χ1) is 16.1. The predicted molar refractivity (Wildman–Crippen MR) is 119 cm³/mol. The monoisotopic (exact) mass is 489 g/mol. The van der Waals surface area contributed by atoms with Crippen LogP contribution in [0.15, 0.2) is 36.4 Å². The summed E-state index contributed by atoms with van der Waals surface area (Å²) in [5.74, 6) is -0.283. The van der Waals surface area contributed by atoms with Gasteiger partial charge in [-0.2, -0.15) is 23.5 Å². The van der Waals surface area contributed by atoms with Crippen molar-refractivity contribution in [2.45, 2.75) is 31.6 Å². The van der Waals surface area contributed by atoms with Crippen molar-refractivity contribution in [3.05, 3.63) is 63.7 Å². The molecule has 0 radical (unpaired) electrons. The SMILES string of the molecule is COc1ccc(Cl)cc1C(=O)NC1CCc2cc(-c3nn(CC(F)(F)F)c(N)c3C#N)ccc21. The number of alkyl halides is 3. The number of carbonyl (C=O) groups excluding carboxylic acids is 1. The number of nitrogen functional groups attached to an aromatic ring is 1. The Morgan fingerprint density at radius 1 is 1.35 bits per heavy atom. The van der Waals surface area contributed by atoms with Crippen molar-refractivity contribution in [1.82, 2.24) is 15.1 Å². The van der Waals surface area contributed by atoms with Crippen LogP contribution in [-0.2, 0) is 13.0 Å². The average molecular weight is 490 g/mol. The number of carbonyl (C=O) groups is 1. The van der Waals surface area contributed by atoms with Crippen LogP contribution in [0.25, 0.3) is 11.3 Å². The Kier molecular flexibility index (Phi) is 6.15. The van der Waals surface area contributed by atoms with Gasteiger partial charge in [-0.05, 0) is 48.2 Å². The molecule has 1 aromatic heterocycles. The Hall–Kier alpha value is -3.71. The number of hydrogen-bond donors (Lipinski definition) is 2. The minimum absolute atomic E-state index is 0.0863. The molecule has 1 unspecified atom stereocenters. The molecule has 0 fully saturated rings. The number of anilines is 1. The van der Waals surface area contributed by atoms with Crippen molar-refractivity contribution in [3.8, 4) is 23.1 Å². The van der Waals surface area contributed by atoms with Gasteiger partial charge in [-0.15, -0.1) is 0 Å². The molecule has 0 aliphatic heterocycles. The lowest BCUT2D eigenvalue weighted by Gasteiger charge is -2.16. The first-order valence-electron chi connectivity index (χ1n) is 10.2. The maximum atomic E-state index is 12.9. The molecular formula is C23H19ClF3N5O2. The molecular weight excluding hydrogens is 471 g/mol. The van der Waals surface area contributed by atoms with Gasteiger partial charge in [0.15, 0.2) is 0 Å². The standard InChI is InChI=1S/C23H19ClF3N5O2/c1-34-19-7-4-14(24)9-16(19)22(33)30-18-6-3-12-8-13(2-5-15(12)18)20-17(10-28)21(29)32(31-20)11-23(25,26)27/h2,4-5,7-9,18H,3,6,11,29H2,1H3,(H,30,33). The summed E-state index contributed by atoms with van der Waals surface area (Å²) in [6.07, 6.45) is -3.27. The van der Waals surface area contributed by atoms with Gasteiger partial charge < -0.3 is 15.8 Å². The number of fused-ring (bicyclic) bond motifs is 1. The van der Waals surface area contributed by atoms with E-state index in [-0.39, 0.29) is 29.0 Å². The summed E-state index contributed by atoms with van der Waals surface area (Å²) in [6.45, 7) is -1.39. The predicted octanol–water partition coefficient (Wildman–Crippen LogP) is 4.65. The van der Waals surface area contributed by atoms with E-state index >= 15 is 0 Å². The Balaban J connectivity index is 1.61. The molecule has 34 heavy (non-hydrogen) atoms. The largest absolute Gasteiger partial charge is 0.496 e. The molecule has 0 bridgehead atoms. The first-order valence-corrected chi connectivity index (χ1v) is 10.6. The van der Waals surface area contributed by atoms with Crippen molar-refractivity contribution in [1.29, 1.82) is 5.26 Å². The molecule has 1 atom stereocenters. The molecule has 2 aromatic carbocycles. The van der Waals surface area contributed by atoms with Crippen LogP contribution in [-0.4, -0.2) is 29.0 Å². The second-order valence-electron chi connectivity index (χ2n) is 7.82. The van der Waals surface area contributed by atoms with Crippen molar-refractivity contribution in [2.75, 3.05) is 12.8 Å². The van der Waals surface area contributed by atoms with Crippen molar-refractivity contribution >= 4 is 23.3 Å². The van der Waals surface area contributed by atoms with Gasteiger partial charge in [-0.1, -0.05) is 23.7 Å². The van der Waals surface area contributed by atoms with Crippen LogP contribution >= 0.6 is 11.6 Å². The number of nitrogens with zero attached hydrogens (tertiary/aromatic N) is 3. The molecule has 11 heteroatoms. The fraction of sp³-hybridized carbons (Fsp3) is 0.261. The molecule has 1 aliphatic carbocycles. The molecule has 0 saturated heterocycles. The van der Waals surface area contributed by atoms with Crippen molar-refractivity contribution in [2.24, 2.45) is 0 Å². The van der Waals surface area contributed by atoms with E-state index in [1.54, 1.807) is 30.3 Å². The summed E-state index contributed by atoms with van der Waals surface area (Å²) in [7, 11) is 1.46. The summed E-state index contributed by atoms with van der Waals surface area (Å²) in [5, 5.41) is 16.8. The van der Waals surface area contributed by atoms with Gasteiger partial charge >= 0.3 is 6.18 Å². The molecule has 0 spiro atoms. The molecule has 3 N–H and O–H groups in total. The highest BCUT2D eigenvalue weighted by Gasteiger charge is 2.32. The van der Waals surface area contributed by atoms with Gasteiger partial charge in [0.25, 0.3) is 5.91 Å². The Morgan fingerprint density at radius 3 is 2.79 bits per heavy atom. The third-order valence-corrected chi connectivity index (χ3v) is 5.87. The van der Waals surface area contributed by atoms with Crippen LogP contribution < -0.4 is 15.8 Å². The molecule has 1 aliphatic rings. The number of halogens is 4. The Bertz CT molecular complexity index is 1310. The van der Waals surface area contributed by atoms with Crippen LogP contribution in [0.4, 0.5) is 19.0 Å². The van der Waals surface area contributed by atoms with E-state index in [2.05, 4.69) is 10.4 Å². The molecule has 0 saturated carbocycles. The number of hydrogen-bond acceptors (Lipinski definition) is 5. The molecule has 7 nitrogen and oxygen atoms in total. The fourth-order valence-corrected chi connectivity index (χ4v) is 4.26. The number of aromatic nitrogens is 2. The van der Waals surface area contributed by atoms with Gasteiger partial charge in [0, 0.05) is 10.6 Å². The lowest BCUT2D eigenvalue weighted by atomic mass is 10.0. The lowest BCUT2D eigenvalue weighted by Crippen LogP contribution is -2.27. The molecule has 1 amide bonds. The quantitative estimate of drug-likeness (QED) is 0.543. The number of nitrogens with one attached hydrogen (secondary N) is 1. The Labute approximate surface area is 197 Å². The number of benzene rings is 2. The molecule has 3 aromatic rings. The number of amides is 1. The fourth-order valence-electron chi connectivity index (χ4n) is 4.09. The highest BCUT2D eigenvalue weighted by Crippen LogP contribution is 2.36. The molecule has 4 rings (SSSR count). The number of methoxy groups -OCH3 is 1. The molecule has 176 valence electrons. The van der Waals surface area contributed by atoms with E-state index < -0.39 is 12.7 Å². The highest BCUT2D eigenvalue weighted by molar-refractivity contribution is 6.31. The van der Waals surface area contributed by atoms with E-state index in [9.17, 15) is 23.2 Å². The van der Waals surface area contributed by atoms with E-state index in [4.69, 9.17) is 22.1 Å². The maximum absolute atomic E-state index is 12.9. The number of aryl methyl sites for hydroxylation is 1. The van der Waals surface area contributed by atoms with Crippen LogP contribution in [0.2, 0.25) is 5.02 Å².